The zero-order chi connectivity index (χ0) is 11.4. The molecule has 0 spiro atoms. The third-order valence-corrected chi connectivity index (χ3v) is 2.76. The molecule has 0 aliphatic rings. The monoisotopic (exact) mass is 232 g/mol. The van der Waals surface area contributed by atoms with Crippen molar-refractivity contribution in [3.8, 4) is 0 Å². The highest BCUT2D eigenvalue weighted by Gasteiger charge is 2.02. The number of aromatic nitrogens is 3. The molecule has 2 aromatic heterocycles. The third kappa shape index (κ3) is 2.70. The van der Waals surface area contributed by atoms with Crippen LogP contribution in [0.25, 0.3) is 0 Å². The summed E-state index contributed by atoms with van der Waals surface area (Å²) in [5, 5.41) is 4.61. The lowest BCUT2D eigenvalue weighted by Gasteiger charge is -2.02. The smallest absolute Gasteiger partial charge is 0.194 e. The topological polar surface area (TPSA) is 50.7 Å². The molecule has 16 heavy (non-hydrogen) atoms. The molecule has 2 rings (SSSR count). The van der Waals surface area contributed by atoms with Crippen LogP contribution in [0.1, 0.15) is 5.69 Å². The van der Waals surface area contributed by atoms with Crippen molar-refractivity contribution in [3.63, 3.8) is 0 Å². The van der Waals surface area contributed by atoms with E-state index in [1.54, 1.807) is 6.20 Å². The van der Waals surface area contributed by atoms with E-state index in [-0.39, 0.29) is 0 Å². The van der Waals surface area contributed by atoms with Gasteiger partial charge in [-0.1, -0.05) is 6.07 Å². The highest BCUT2D eigenvalue weighted by Crippen LogP contribution is 2.23. The van der Waals surface area contributed by atoms with Crippen molar-refractivity contribution in [1.29, 1.82) is 0 Å². The van der Waals surface area contributed by atoms with Crippen molar-refractivity contribution in [1.82, 2.24) is 15.0 Å². The molecule has 0 aromatic carbocycles. The van der Waals surface area contributed by atoms with Crippen LogP contribution >= 0.6 is 11.8 Å². The maximum Gasteiger partial charge on any atom is 0.194 e. The molecule has 0 aliphatic heterocycles. The van der Waals surface area contributed by atoms with Crippen molar-refractivity contribution in [3.05, 3.63) is 36.2 Å². The van der Waals surface area contributed by atoms with Crippen LogP contribution < -0.4 is 5.32 Å². The number of pyridine rings is 1. The molecule has 0 saturated carbocycles. The Balaban J connectivity index is 2.20. The van der Waals surface area contributed by atoms with Gasteiger partial charge in [0.2, 0.25) is 0 Å². The normalized spacial score (nSPS) is 10.1. The van der Waals surface area contributed by atoms with Crippen LogP contribution in [0.5, 0.6) is 0 Å². The van der Waals surface area contributed by atoms with E-state index in [9.17, 15) is 0 Å². The molecular weight excluding hydrogens is 220 g/mol. The molecule has 0 amide bonds. The number of hydrogen-bond acceptors (Lipinski definition) is 5. The number of nitrogens with zero attached hydrogens (tertiary/aromatic N) is 3. The molecule has 82 valence electrons. The third-order valence-electron chi connectivity index (χ3n) is 1.95. The van der Waals surface area contributed by atoms with Gasteiger partial charge in [0.25, 0.3) is 0 Å². The molecule has 4 nitrogen and oxygen atoms in total. The molecule has 2 heterocycles. The Morgan fingerprint density at radius 1 is 1.19 bits per heavy atom. The van der Waals surface area contributed by atoms with E-state index in [0.717, 1.165) is 21.7 Å². The van der Waals surface area contributed by atoms with Gasteiger partial charge in [0, 0.05) is 18.9 Å². The summed E-state index contributed by atoms with van der Waals surface area (Å²) in [6, 6.07) is 7.69. The summed E-state index contributed by atoms with van der Waals surface area (Å²) in [6.07, 6.45) is 1.76. The minimum Gasteiger partial charge on any atom is -0.373 e. The highest BCUT2D eigenvalue weighted by atomic mass is 32.2. The molecule has 0 unspecified atom stereocenters. The van der Waals surface area contributed by atoms with Crippen LogP contribution in [-0.2, 0) is 0 Å². The summed E-state index contributed by atoms with van der Waals surface area (Å²) < 4.78 is 0. The first-order valence-corrected chi connectivity index (χ1v) is 5.72. The average molecular weight is 232 g/mol. The van der Waals surface area contributed by atoms with Gasteiger partial charge < -0.3 is 5.32 Å². The van der Waals surface area contributed by atoms with Crippen LogP contribution in [0.15, 0.2) is 40.6 Å². The highest BCUT2D eigenvalue weighted by molar-refractivity contribution is 7.99. The second-order valence-electron chi connectivity index (χ2n) is 3.19. The summed E-state index contributed by atoms with van der Waals surface area (Å²) in [5.41, 5.74) is 0.960. The van der Waals surface area contributed by atoms with Gasteiger partial charge >= 0.3 is 0 Å². The second kappa shape index (κ2) is 4.94. The molecule has 0 saturated heterocycles. The lowest BCUT2D eigenvalue weighted by Crippen LogP contribution is -1.93. The number of rotatable bonds is 3. The van der Waals surface area contributed by atoms with Crippen LogP contribution in [0.2, 0.25) is 0 Å². The zero-order valence-corrected chi connectivity index (χ0v) is 9.95. The molecular formula is C11H12N4S. The first-order chi connectivity index (χ1) is 7.78. The standard InChI is InChI=1S/C11H12N4S/c1-8-6-7-13-11(14-8)16-10-5-3-4-9(12-2)15-10/h3-7H,1-2H3,(H,12,15). The molecule has 2 aromatic rings. The molecule has 0 bridgehead atoms. The fraction of sp³-hybridized carbons (Fsp3) is 0.182. The first kappa shape index (κ1) is 10.9. The van der Waals surface area contributed by atoms with Crippen molar-refractivity contribution in [2.24, 2.45) is 0 Å². The maximum absolute atomic E-state index is 4.39. The largest absolute Gasteiger partial charge is 0.373 e. The predicted molar refractivity (Wildman–Crippen MR) is 64.7 cm³/mol. The van der Waals surface area contributed by atoms with Crippen molar-refractivity contribution in [2.75, 3.05) is 12.4 Å². The van der Waals surface area contributed by atoms with Crippen molar-refractivity contribution in [2.45, 2.75) is 17.1 Å². The van der Waals surface area contributed by atoms with Crippen LogP contribution in [0, 0.1) is 6.92 Å². The minimum atomic E-state index is 0.723. The van der Waals surface area contributed by atoms with Gasteiger partial charge in [-0.2, -0.15) is 0 Å². The van der Waals surface area contributed by atoms with E-state index in [0.29, 0.717) is 0 Å². The Morgan fingerprint density at radius 2 is 2.06 bits per heavy atom. The Hall–Kier alpha value is -1.62. The minimum absolute atomic E-state index is 0.723. The Morgan fingerprint density at radius 3 is 2.81 bits per heavy atom. The van der Waals surface area contributed by atoms with Gasteiger partial charge in [-0.05, 0) is 36.9 Å². The summed E-state index contributed by atoms with van der Waals surface area (Å²) in [6.45, 7) is 1.95. The Kier molecular flexibility index (Phi) is 3.36. The summed E-state index contributed by atoms with van der Waals surface area (Å²) in [7, 11) is 1.85. The van der Waals surface area contributed by atoms with E-state index in [1.165, 1.54) is 11.8 Å². The zero-order valence-electron chi connectivity index (χ0n) is 9.14. The number of aryl methyl sites for hydroxylation is 1. The van der Waals surface area contributed by atoms with Gasteiger partial charge in [-0.3, -0.25) is 0 Å². The fourth-order valence-corrected chi connectivity index (χ4v) is 1.96. The van der Waals surface area contributed by atoms with Crippen molar-refractivity contribution >= 4 is 17.6 Å². The molecule has 5 heteroatoms. The molecule has 0 atom stereocenters. The molecule has 0 aliphatic carbocycles. The van der Waals surface area contributed by atoms with Gasteiger partial charge in [-0.15, -0.1) is 0 Å². The van der Waals surface area contributed by atoms with Gasteiger partial charge in [0.15, 0.2) is 5.16 Å². The van der Waals surface area contributed by atoms with E-state index in [1.807, 2.05) is 38.2 Å². The second-order valence-corrected chi connectivity index (χ2v) is 4.18. The van der Waals surface area contributed by atoms with E-state index in [2.05, 4.69) is 20.3 Å². The van der Waals surface area contributed by atoms with Gasteiger partial charge in [0.1, 0.15) is 10.8 Å². The van der Waals surface area contributed by atoms with E-state index in [4.69, 9.17) is 0 Å². The van der Waals surface area contributed by atoms with Crippen LogP contribution in [-0.4, -0.2) is 22.0 Å². The van der Waals surface area contributed by atoms with E-state index < -0.39 is 0 Å². The predicted octanol–water partition coefficient (Wildman–Crippen LogP) is 2.37. The number of nitrogens with one attached hydrogen (secondary N) is 1. The van der Waals surface area contributed by atoms with Crippen molar-refractivity contribution < 1.29 is 0 Å². The summed E-state index contributed by atoms with van der Waals surface area (Å²) >= 11 is 1.46. The molecule has 0 radical (unpaired) electrons. The Bertz CT molecular complexity index is 487. The van der Waals surface area contributed by atoms with Gasteiger partial charge in [0.05, 0.1) is 0 Å². The van der Waals surface area contributed by atoms with E-state index >= 15 is 0 Å². The summed E-state index contributed by atoms with van der Waals surface area (Å²) in [5.74, 6) is 0.845. The quantitative estimate of drug-likeness (QED) is 0.823. The summed E-state index contributed by atoms with van der Waals surface area (Å²) in [4.78, 5) is 12.9. The maximum atomic E-state index is 4.39. The number of anilines is 1. The fourth-order valence-electron chi connectivity index (χ4n) is 1.18. The van der Waals surface area contributed by atoms with Crippen LogP contribution in [0.4, 0.5) is 5.82 Å². The molecule has 0 fully saturated rings. The number of hydrogen-bond donors (Lipinski definition) is 1. The first-order valence-electron chi connectivity index (χ1n) is 4.90. The van der Waals surface area contributed by atoms with Gasteiger partial charge in [-0.25, -0.2) is 15.0 Å². The Labute approximate surface area is 98.6 Å². The lowest BCUT2D eigenvalue weighted by atomic mass is 10.5. The molecule has 1 N–H and O–H groups in total. The lowest BCUT2D eigenvalue weighted by molar-refractivity contribution is 0.928. The van der Waals surface area contributed by atoms with Crippen LogP contribution in [0.3, 0.4) is 0 Å². The SMILES string of the molecule is CNc1cccc(Sc2nccc(C)n2)n1. The average Bonchev–Trinajstić information content (AvgIpc) is 2.29.